The molecule has 0 fully saturated rings. The van der Waals surface area contributed by atoms with Gasteiger partial charge < -0.3 is 5.32 Å². The molecule has 0 aromatic heterocycles. The van der Waals surface area contributed by atoms with Gasteiger partial charge in [0, 0.05) is 0 Å². The standard InChI is InChI=1S/C16H27N/c1-3-4-9-15(2)14-17-13-8-12-16-10-6-5-7-11-16/h5-7,10-11,15,17H,3-4,8-9,12-14H2,1-2H3. The van der Waals surface area contributed by atoms with Gasteiger partial charge in [0.05, 0.1) is 0 Å². The van der Waals surface area contributed by atoms with E-state index in [1.54, 1.807) is 0 Å². The molecule has 17 heavy (non-hydrogen) atoms. The maximum atomic E-state index is 3.56. The number of aryl methyl sites for hydroxylation is 1. The molecule has 1 atom stereocenters. The third-order valence-corrected chi connectivity index (χ3v) is 3.21. The quantitative estimate of drug-likeness (QED) is 0.635. The Morgan fingerprint density at radius 1 is 1.12 bits per heavy atom. The topological polar surface area (TPSA) is 12.0 Å². The summed E-state index contributed by atoms with van der Waals surface area (Å²) in [5.74, 6) is 0.826. The van der Waals surface area contributed by atoms with Crippen LogP contribution in [-0.2, 0) is 6.42 Å². The monoisotopic (exact) mass is 233 g/mol. The van der Waals surface area contributed by atoms with Gasteiger partial charge in [0.2, 0.25) is 0 Å². The van der Waals surface area contributed by atoms with Crippen molar-refractivity contribution in [3.63, 3.8) is 0 Å². The second-order valence-electron chi connectivity index (χ2n) is 5.04. The van der Waals surface area contributed by atoms with E-state index in [-0.39, 0.29) is 0 Å². The summed E-state index contributed by atoms with van der Waals surface area (Å²) >= 11 is 0. The molecule has 0 aliphatic rings. The van der Waals surface area contributed by atoms with E-state index in [1.807, 2.05) is 0 Å². The molecule has 0 aliphatic carbocycles. The summed E-state index contributed by atoms with van der Waals surface area (Å²) in [6.45, 7) is 6.93. The molecule has 96 valence electrons. The highest BCUT2D eigenvalue weighted by Crippen LogP contribution is 2.06. The van der Waals surface area contributed by atoms with Crippen LogP contribution in [0.25, 0.3) is 0 Å². The molecule has 1 aromatic carbocycles. The predicted octanol–water partition coefficient (Wildman–Crippen LogP) is 4.04. The normalized spacial score (nSPS) is 12.6. The Hall–Kier alpha value is -0.820. The summed E-state index contributed by atoms with van der Waals surface area (Å²) in [6.07, 6.45) is 6.48. The fraction of sp³-hybridized carbons (Fsp3) is 0.625. The lowest BCUT2D eigenvalue weighted by Gasteiger charge is -2.11. The highest BCUT2D eigenvalue weighted by atomic mass is 14.8. The van der Waals surface area contributed by atoms with Gasteiger partial charge in [0.25, 0.3) is 0 Å². The van der Waals surface area contributed by atoms with Crippen LogP contribution in [0.3, 0.4) is 0 Å². The lowest BCUT2D eigenvalue weighted by molar-refractivity contribution is 0.462. The van der Waals surface area contributed by atoms with E-state index in [0.717, 1.165) is 12.5 Å². The molecule has 1 rings (SSSR count). The maximum Gasteiger partial charge on any atom is -0.00232 e. The Balaban J connectivity index is 1.97. The Bertz CT molecular complexity index is 268. The lowest BCUT2D eigenvalue weighted by atomic mass is 10.0. The van der Waals surface area contributed by atoms with Crippen LogP contribution >= 0.6 is 0 Å². The number of benzene rings is 1. The van der Waals surface area contributed by atoms with E-state index in [9.17, 15) is 0 Å². The van der Waals surface area contributed by atoms with Crippen molar-refractivity contribution in [2.45, 2.75) is 46.0 Å². The molecule has 1 unspecified atom stereocenters. The number of hydrogen-bond donors (Lipinski definition) is 1. The smallest absolute Gasteiger partial charge is 0.00232 e. The molecule has 0 bridgehead atoms. The van der Waals surface area contributed by atoms with E-state index in [1.165, 1.54) is 44.2 Å². The largest absolute Gasteiger partial charge is 0.316 e. The number of nitrogens with one attached hydrogen (secondary N) is 1. The van der Waals surface area contributed by atoms with Crippen molar-refractivity contribution in [3.8, 4) is 0 Å². The van der Waals surface area contributed by atoms with Gasteiger partial charge in [-0.05, 0) is 43.8 Å². The average Bonchev–Trinajstić information content (AvgIpc) is 2.37. The Labute approximate surface area is 107 Å². The summed E-state index contributed by atoms with van der Waals surface area (Å²) in [5, 5.41) is 3.56. The second kappa shape index (κ2) is 9.23. The Morgan fingerprint density at radius 2 is 1.88 bits per heavy atom. The van der Waals surface area contributed by atoms with Gasteiger partial charge in [-0.2, -0.15) is 0 Å². The number of rotatable bonds is 9. The van der Waals surface area contributed by atoms with Crippen molar-refractivity contribution in [1.82, 2.24) is 5.32 Å². The van der Waals surface area contributed by atoms with E-state index >= 15 is 0 Å². The SMILES string of the molecule is CCCCC(C)CNCCCc1ccccc1. The van der Waals surface area contributed by atoms with Gasteiger partial charge in [-0.15, -0.1) is 0 Å². The number of unbranched alkanes of at least 4 members (excludes halogenated alkanes) is 1. The van der Waals surface area contributed by atoms with Crippen LogP contribution in [0.4, 0.5) is 0 Å². The van der Waals surface area contributed by atoms with Crippen molar-refractivity contribution in [1.29, 1.82) is 0 Å². The molecule has 0 amide bonds. The van der Waals surface area contributed by atoms with Gasteiger partial charge in [0.15, 0.2) is 0 Å². The van der Waals surface area contributed by atoms with Crippen LogP contribution in [-0.4, -0.2) is 13.1 Å². The fourth-order valence-corrected chi connectivity index (χ4v) is 2.07. The van der Waals surface area contributed by atoms with E-state index in [2.05, 4.69) is 49.5 Å². The minimum Gasteiger partial charge on any atom is -0.316 e. The fourth-order valence-electron chi connectivity index (χ4n) is 2.07. The van der Waals surface area contributed by atoms with E-state index in [0.29, 0.717) is 0 Å². The van der Waals surface area contributed by atoms with Crippen molar-refractivity contribution in [2.75, 3.05) is 13.1 Å². The molecule has 0 radical (unpaired) electrons. The average molecular weight is 233 g/mol. The molecule has 0 heterocycles. The van der Waals surface area contributed by atoms with Gasteiger partial charge >= 0.3 is 0 Å². The molecule has 0 aliphatic heterocycles. The summed E-state index contributed by atoms with van der Waals surface area (Å²) in [4.78, 5) is 0. The van der Waals surface area contributed by atoms with Gasteiger partial charge in [-0.25, -0.2) is 0 Å². The second-order valence-corrected chi connectivity index (χ2v) is 5.04. The zero-order chi connectivity index (χ0) is 12.3. The van der Waals surface area contributed by atoms with Crippen molar-refractivity contribution < 1.29 is 0 Å². The van der Waals surface area contributed by atoms with Crippen molar-refractivity contribution >= 4 is 0 Å². The molecule has 1 N–H and O–H groups in total. The molecular weight excluding hydrogens is 206 g/mol. The molecule has 0 saturated heterocycles. The first kappa shape index (κ1) is 14.2. The highest BCUT2D eigenvalue weighted by molar-refractivity contribution is 5.14. The molecular formula is C16H27N. The van der Waals surface area contributed by atoms with E-state index < -0.39 is 0 Å². The van der Waals surface area contributed by atoms with Gasteiger partial charge in [-0.1, -0.05) is 57.0 Å². The summed E-state index contributed by atoms with van der Waals surface area (Å²) in [5.41, 5.74) is 1.45. The van der Waals surface area contributed by atoms with Crippen LogP contribution < -0.4 is 5.32 Å². The molecule has 0 saturated carbocycles. The molecule has 0 spiro atoms. The minimum absolute atomic E-state index is 0.826. The van der Waals surface area contributed by atoms with Crippen LogP contribution in [0.2, 0.25) is 0 Å². The van der Waals surface area contributed by atoms with Gasteiger partial charge in [0.1, 0.15) is 0 Å². The molecule has 1 aromatic rings. The first-order chi connectivity index (χ1) is 8.33. The Morgan fingerprint density at radius 3 is 2.59 bits per heavy atom. The van der Waals surface area contributed by atoms with Crippen LogP contribution in [0, 0.1) is 5.92 Å². The summed E-state index contributed by atoms with van der Waals surface area (Å²) in [7, 11) is 0. The summed E-state index contributed by atoms with van der Waals surface area (Å²) < 4.78 is 0. The van der Waals surface area contributed by atoms with Crippen molar-refractivity contribution in [2.24, 2.45) is 5.92 Å². The number of hydrogen-bond acceptors (Lipinski definition) is 1. The third kappa shape index (κ3) is 7.17. The van der Waals surface area contributed by atoms with E-state index in [4.69, 9.17) is 0 Å². The van der Waals surface area contributed by atoms with Crippen LogP contribution in [0.1, 0.15) is 45.1 Å². The molecule has 1 nitrogen and oxygen atoms in total. The summed E-state index contributed by atoms with van der Waals surface area (Å²) in [6, 6.07) is 10.7. The lowest BCUT2D eigenvalue weighted by Crippen LogP contribution is -2.22. The zero-order valence-corrected chi connectivity index (χ0v) is 11.4. The van der Waals surface area contributed by atoms with Gasteiger partial charge in [-0.3, -0.25) is 0 Å². The first-order valence-corrected chi connectivity index (χ1v) is 7.07. The van der Waals surface area contributed by atoms with Crippen molar-refractivity contribution in [3.05, 3.63) is 35.9 Å². The predicted molar refractivity (Wildman–Crippen MR) is 76.3 cm³/mol. The first-order valence-electron chi connectivity index (χ1n) is 7.07. The maximum absolute atomic E-state index is 3.56. The van der Waals surface area contributed by atoms with Crippen LogP contribution in [0.15, 0.2) is 30.3 Å². The molecule has 1 heteroatoms. The van der Waals surface area contributed by atoms with Crippen LogP contribution in [0.5, 0.6) is 0 Å². The zero-order valence-electron chi connectivity index (χ0n) is 11.4. The third-order valence-electron chi connectivity index (χ3n) is 3.21. The highest BCUT2D eigenvalue weighted by Gasteiger charge is 2.00. The Kier molecular flexibility index (Phi) is 7.74. The minimum atomic E-state index is 0.826.